The third kappa shape index (κ3) is 5.41. The maximum absolute atomic E-state index is 13.3. The number of nitrogens with zero attached hydrogens (tertiary/aromatic N) is 3. The summed E-state index contributed by atoms with van der Waals surface area (Å²) in [6, 6.07) is 11.4. The predicted octanol–water partition coefficient (Wildman–Crippen LogP) is 4.70. The summed E-state index contributed by atoms with van der Waals surface area (Å²) in [5.41, 5.74) is 1.33. The van der Waals surface area contributed by atoms with Gasteiger partial charge in [0.2, 0.25) is 11.8 Å². The summed E-state index contributed by atoms with van der Waals surface area (Å²) in [4.78, 5) is 24.1. The summed E-state index contributed by atoms with van der Waals surface area (Å²) < 4.78 is 56.6. The Labute approximate surface area is 228 Å². The van der Waals surface area contributed by atoms with Gasteiger partial charge in [-0.1, -0.05) is 12.1 Å². The lowest BCUT2D eigenvalue weighted by molar-refractivity contribution is -0.141. The Balaban J connectivity index is 1.14. The highest BCUT2D eigenvalue weighted by molar-refractivity contribution is 5.98. The van der Waals surface area contributed by atoms with Crippen LogP contribution in [0.3, 0.4) is 0 Å². The number of halogens is 3. The maximum Gasteiger partial charge on any atom is 0.416 e. The number of ether oxygens (including phenoxy) is 3. The Kier molecular flexibility index (Phi) is 6.54. The standard InChI is InChI=1S/C28H28F3N5O4/c1-27(2)39-15-20(40-27)14-38-24-12-18(8-9-32-24)34-26(37)23-11-19-13-36(23)22-7-6-21(35-25(22)33-19)16-4-3-5-17(10-16)28(29,30)31/h3-10,12,19-20,23H,11,13-15H2,1-2H3,(H,33,35)(H,32,34,37)/t19-,20-,23?/m0/s1. The summed E-state index contributed by atoms with van der Waals surface area (Å²) in [6.07, 6.45) is -2.54. The van der Waals surface area contributed by atoms with E-state index in [1.54, 1.807) is 36.5 Å². The number of fused-ring (bicyclic) bond motifs is 4. The van der Waals surface area contributed by atoms with Gasteiger partial charge in [0.15, 0.2) is 11.6 Å². The number of nitrogens with one attached hydrogen (secondary N) is 2. The number of aromatic nitrogens is 2. The van der Waals surface area contributed by atoms with E-state index in [9.17, 15) is 18.0 Å². The van der Waals surface area contributed by atoms with Crippen molar-refractivity contribution in [2.24, 2.45) is 0 Å². The fraction of sp³-hybridized carbons (Fsp3) is 0.393. The van der Waals surface area contributed by atoms with Gasteiger partial charge in [-0.15, -0.1) is 0 Å². The summed E-state index contributed by atoms with van der Waals surface area (Å²) in [6.45, 7) is 4.99. The number of rotatable bonds is 6. The van der Waals surface area contributed by atoms with Gasteiger partial charge in [0.25, 0.3) is 0 Å². The monoisotopic (exact) mass is 555 g/mol. The molecule has 9 nitrogen and oxygen atoms in total. The van der Waals surface area contributed by atoms with E-state index < -0.39 is 23.6 Å². The van der Waals surface area contributed by atoms with Gasteiger partial charge < -0.3 is 29.7 Å². The molecule has 12 heteroatoms. The summed E-state index contributed by atoms with van der Waals surface area (Å²) in [5.74, 6) is 0.0668. The van der Waals surface area contributed by atoms with E-state index in [1.165, 1.54) is 6.07 Å². The van der Waals surface area contributed by atoms with E-state index in [0.717, 1.165) is 17.8 Å². The highest BCUT2D eigenvalue weighted by atomic mass is 19.4. The highest BCUT2D eigenvalue weighted by Crippen LogP contribution is 2.40. The van der Waals surface area contributed by atoms with Crippen LogP contribution in [0, 0.1) is 0 Å². The first-order valence-corrected chi connectivity index (χ1v) is 13.0. The number of hydrogen-bond acceptors (Lipinski definition) is 8. The molecule has 0 spiro atoms. The molecule has 2 N–H and O–H groups in total. The first-order chi connectivity index (χ1) is 19.0. The fourth-order valence-electron chi connectivity index (χ4n) is 5.27. The van der Waals surface area contributed by atoms with Gasteiger partial charge in [0, 0.05) is 36.1 Å². The largest absolute Gasteiger partial charge is 0.475 e. The number of hydrogen-bond donors (Lipinski definition) is 2. The molecule has 1 unspecified atom stereocenters. The minimum atomic E-state index is -4.44. The van der Waals surface area contributed by atoms with Crippen LogP contribution in [-0.4, -0.2) is 59.6 Å². The Morgan fingerprint density at radius 2 is 2.08 bits per heavy atom. The number of carbonyl (C=O) groups excluding carboxylic acids is 1. The van der Waals surface area contributed by atoms with Gasteiger partial charge in [-0.3, -0.25) is 4.79 Å². The van der Waals surface area contributed by atoms with E-state index in [-0.39, 0.29) is 24.7 Å². The van der Waals surface area contributed by atoms with Crippen LogP contribution in [0.25, 0.3) is 11.3 Å². The second kappa shape index (κ2) is 9.93. The lowest BCUT2D eigenvalue weighted by Crippen LogP contribution is -2.41. The molecule has 2 saturated heterocycles. The minimum absolute atomic E-state index is 0.0262. The van der Waals surface area contributed by atoms with Crippen LogP contribution >= 0.6 is 0 Å². The number of amides is 1. The van der Waals surface area contributed by atoms with Crippen LogP contribution in [-0.2, 0) is 20.4 Å². The zero-order valence-electron chi connectivity index (χ0n) is 21.9. The quantitative estimate of drug-likeness (QED) is 0.452. The van der Waals surface area contributed by atoms with Gasteiger partial charge in [-0.2, -0.15) is 13.2 Å². The molecule has 3 aliphatic heterocycles. The molecule has 2 fully saturated rings. The van der Waals surface area contributed by atoms with Crippen molar-refractivity contribution in [3.8, 4) is 17.1 Å². The number of anilines is 3. The molecule has 6 rings (SSSR count). The Morgan fingerprint density at radius 1 is 1.23 bits per heavy atom. The van der Waals surface area contributed by atoms with E-state index in [2.05, 4.69) is 20.6 Å². The second-order valence-corrected chi connectivity index (χ2v) is 10.5. The number of carbonyl (C=O) groups is 1. The third-order valence-corrected chi connectivity index (χ3v) is 7.10. The molecular formula is C28H28F3N5O4. The second-order valence-electron chi connectivity index (χ2n) is 10.5. The van der Waals surface area contributed by atoms with Crippen molar-refractivity contribution in [3.05, 3.63) is 60.3 Å². The van der Waals surface area contributed by atoms with Crippen LogP contribution in [0.15, 0.2) is 54.7 Å². The van der Waals surface area contributed by atoms with Crippen LogP contribution < -0.4 is 20.3 Å². The summed E-state index contributed by atoms with van der Waals surface area (Å²) in [5, 5.41) is 6.30. The average molecular weight is 556 g/mol. The van der Waals surface area contributed by atoms with Gasteiger partial charge in [0.05, 0.1) is 23.6 Å². The summed E-state index contributed by atoms with van der Waals surface area (Å²) >= 11 is 0. The van der Waals surface area contributed by atoms with Gasteiger partial charge in [-0.05, 0) is 50.6 Å². The van der Waals surface area contributed by atoms with Crippen LogP contribution in [0.2, 0.25) is 0 Å². The van der Waals surface area contributed by atoms with E-state index >= 15 is 0 Å². The number of pyridine rings is 2. The predicted molar refractivity (Wildman–Crippen MR) is 141 cm³/mol. The smallest absolute Gasteiger partial charge is 0.416 e. The molecule has 0 saturated carbocycles. The molecule has 0 aliphatic carbocycles. The van der Waals surface area contributed by atoms with Gasteiger partial charge in [-0.25, -0.2) is 9.97 Å². The van der Waals surface area contributed by atoms with Crippen LogP contribution in [0.1, 0.15) is 25.8 Å². The molecule has 0 radical (unpaired) electrons. The van der Waals surface area contributed by atoms with Gasteiger partial charge >= 0.3 is 6.18 Å². The topological polar surface area (TPSA) is 97.8 Å². The van der Waals surface area contributed by atoms with E-state index in [4.69, 9.17) is 14.2 Å². The van der Waals surface area contributed by atoms with Crippen molar-refractivity contribution < 1.29 is 32.2 Å². The molecule has 2 aromatic heterocycles. The zero-order chi connectivity index (χ0) is 28.1. The summed E-state index contributed by atoms with van der Waals surface area (Å²) in [7, 11) is 0. The third-order valence-electron chi connectivity index (χ3n) is 7.10. The molecule has 40 heavy (non-hydrogen) atoms. The molecule has 3 aliphatic rings. The van der Waals surface area contributed by atoms with Crippen molar-refractivity contribution in [1.82, 2.24) is 9.97 Å². The lowest BCUT2D eigenvalue weighted by atomic mass is 10.1. The van der Waals surface area contributed by atoms with E-state index in [1.807, 2.05) is 18.7 Å². The molecule has 2 bridgehead atoms. The highest BCUT2D eigenvalue weighted by Gasteiger charge is 2.42. The molecule has 5 heterocycles. The van der Waals surface area contributed by atoms with E-state index in [0.29, 0.717) is 48.2 Å². The minimum Gasteiger partial charge on any atom is -0.475 e. The van der Waals surface area contributed by atoms with Crippen molar-refractivity contribution >= 4 is 23.1 Å². The normalized spacial score (nSPS) is 22.9. The van der Waals surface area contributed by atoms with Crippen LogP contribution in [0.5, 0.6) is 5.88 Å². The first kappa shape index (κ1) is 26.3. The van der Waals surface area contributed by atoms with Crippen molar-refractivity contribution in [2.75, 3.05) is 35.3 Å². The number of alkyl halides is 3. The maximum atomic E-state index is 13.3. The van der Waals surface area contributed by atoms with Crippen molar-refractivity contribution in [1.29, 1.82) is 0 Å². The Hall–Kier alpha value is -3.90. The Morgan fingerprint density at radius 3 is 2.85 bits per heavy atom. The van der Waals surface area contributed by atoms with Gasteiger partial charge in [0.1, 0.15) is 18.8 Å². The SMILES string of the molecule is CC1(C)OC[C@H](COc2cc(NC(=O)C3C[C@H]4CN3c3ccc(-c5cccc(C(F)(F)F)c5)nc3N4)ccn2)O1. The molecule has 210 valence electrons. The molecular weight excluding hydrogens is 527 g/mol. The molecule has 3 aromatic rings. The lowest BCUT2D eigenvalue weighted by Gasteiger charge is -2.30. The molecule has 1 aromatic carbocycles. The van der Waals surface area contributed by atoms with Crippen molar-refractivity contribution in [3.63, 3.8) is 0 Å². The average Bonchev–Trinajstić information content (AvgIpc) is 3.45. The zero-order valence-corrected chi connectivity index (χ0v) is 21.9. The molecule has 3 atom stereocenters. The Bertz CT molecular complexity index is 1430. The van der Waals surface area contributed by atoms with Crippen molar-refractivity contribution in [2.45, 2.75) is 50.4 Å². The first-order valence-electron chi connectivity index (χ1n) is 13.0. The number of benzene rings is 1. The van der Waals surface area contributed by atoms with Crippen LogP contribution in [0.4, 0.5) is 30.4 Å². The molecule has 1 amide bonds. The fourth-order valence-corrected chi connectivity index (χ4v) is 5.27.